The maximum Gasteiger partial charge on any atom is 0.265 e. The third-order valence-corrected chi connectivity index (χ3v) is 3.66. The van der Waals surface area contributed by atoms with Gasteiger partial charge in [-0.1, -0.05) is 26.0 Å². The molecule has 0 bridgehead atoms. The fraction of sp³-hybridized carbons (Fsp3) is 0.333. The van der Waals surface area contributed by atoms with Gasteiger partial charge >= 0.3 is 0 Å². The predicted octanol–water partition coefficient (Wildman–Crippen LogP) is 3.55. The molecule has 0 spiro atoms. The standard InChI is InChI=1S/C15H17BrN2O2/c1-3-8-20-11-7-5-6-10(9-11)14-17-12(4-2)13(16)15(19)18-14/h5-7,9H,3-4,8H2,1-2H3,(H,17,18,19). The van der Waals surface area contributed by atoms with E-state index in [2.05, 4.69) is 32.8 Å². The van der Waals surface area contributed by atoms with Crippen LogP contribution < -0.4 is 10.3 Å². The van der Waals surface area contributed by atoms with Gasteiger partial charge in [0.15, 0.2) is 0 Å². The molecule has 0 radical (unpaired) electrons. The molecule has 1 heterocycles. The Morgan fingerprint density at radius 3 is 2.85 bits per heavy atom. The number of aromatic nitrogens is 2. The molecule has 1 N–H and O–H groups in total. The summed E-state index contributed by atoms with van der Waals surface area (Å²) < 4.78 is 6.10. The third kappa shape index (κ3) is 3.28. The highest BCUT2D eigenvalue weighted by atomic mass is 79.9. The first-order valence-electron chi connectivity index (χ1n) is 6.67. The fourth-order valence-corrected chi connectivity index (χ4v) is 2.30. The summed E-state index contributed by atoms with van der Waals surface area (Å²) in [4.78, 5) is 19.1. The van der Waals surface area contributed by atoms with Crippen LogP contribution in [0.1, 0.15) is 26.0 Å². The molecule has 0 fully saturated rings. The summed E-state index contributed by atoms with van der Waals surface area (Å²) in [6.45, 7) is 4.70. The quantitative estimate of drug-likeness (QED) is 0.908. The van der Waals surface area contributed by atoms with Crippen LogP contribution in [-0.4, -0.2) is 16.6 Å². The number of halogens is 1. The van der Waals surface area contributed by atoms with Crippen LogP contribution in [0.5, 0.6) is 5.75 Å². The maximum atomic E-state index is 11.9. The van der Waals surface area contributed by atoms with Crippen molar-refractivity contribution >= 4 is 15.9 Å². The van der Waals surface area contributed by atoms with E-state index in [0.717, 1.165) is 23.4 Å². The molecule has 106 valence electrons. The minimum Gasteiger partial charge on any atom is -0.494 e. The van der Waals surface area contributed by atoms with E-state index in [0.29, 0.717) is 23.3 Å². The van der Waals surface area contributed by atoms with E-state index < -0.39 is 0 Å². The highest BCUT2D eigenvalue weighted by Crippen LogP contribution is 2.22. The van der Waals surface area contributed by atoms with Gasteiger partial charge in [0.25, 0.3) is 5.56 Å². The molecule has 4 nitrogen and oxygen atoms in total. The monoisotopic (exact) mass is 336 g/mol. The second-order valence-electron chi connectivity index (χ2n) is 4.41. The van der Waals surface area contributed by atoms with Crippen LogP contribution in [0.3, 0.4) is 0 Å². The van der Waals surface area contributed by atoms with Crippen LogP contribution in [0.2, 0.25) is 0 Å². The van der Waals surface area contributed by atoms with Crippen molar-refractivity contribution in [2.45, 2.75) is 26.7 Å². The van der Waals surface area contributed by atoms with Crippen molar-refractivity contribution in [2.24, 2.45) is 0 Å². The van der Waals surface area contributed by atoms with Gasteiger partial charge in [0.05, 0.1) is 12.3 Å². The van der Waals surface area contributed by atoms with Crippen molar-refractivity contribution in [1.82, 2.24) is 9.97 Å². The molecule has 5 heteroatoms. The number of nitrogens with zero attached hydrogens (tertiary/aromatic N) is 1. The highest BCUT2D eigenvalue weighted by molar-refractivity contribution is 9.10. The van der Waals surface area contributed by atoms with E-state index in [-0.39, 0.29) is 5.56 Å². The first kappa shape index (κ1) is 14.8. The first-order valence-corrected chi connectivity index (χ1v) is 7.47. The second kappa shape index (κ2) is 6.70. The number of benzene rings is 1. The van der Waals surface area contributed by atoms with Crippen LogP contribution in [0.15, 0.2) is 33.5 Å². The van der Waals surface area contributed by atoms with Crippen LogP contribution in [-0.2, 0) is 6.42 Å². The zero-order valence-electron chi connectivity index (χ0n) is 11.6. The molecule has 0 amide bonds. The summed E-state index contributed by atoms with van der Waals surface area (Å²) in [6, 6.07) is 7.59. The minimum absolute atomic E-state index is 0.160. The fourth-order valence-electron chi connectivity index (χ4n) is 1.83. The number of ether oxygens (including phenoxy) is 1. The van der Waals surface area contributed by atoms with Crippen LogP contribution in [0.4, 0.5) is 0 Å². The molecule has 0 atom stereocenters. The lowest BCUT2D eigenvalue weighted by molar-refractivity contribution is 0.317. The summed E-state index contributed by atoms with van der Waals surface area (Å²) >= 11 is 3.26. The van der Waals surface area contributed by atoms with E-state index in [1.54, 1.807) is 0 Å². The Balaban J connectivity index is 2.41. The van der Waals surface area contributed by atoms with Gasteiger partial charge in [-0.15, -0.1) is 0 Å². The number of hydrogen-bond acceptors (Lipinski definition) is 3. The van der Waals surface area contributed by atoms with E-state index in [4.69, 9.17) is 4.74 Å². The lowest BCUT2D eigenvalue weighted by atomic mass is 10.2. The second-order valence-corrected chi connectivity index (χ2v) is 5.20. The zero-order chi connectivity index (χ0) is 14.5. The van der Waals surface area contributed by atoms with Crippen LogP contribution in [0.25, 0.3) is 11.4 Å². The summed E-state index contributed by atoms with van der Waals surface area (Å²) in [5.74, 6) is 1.35. The predicted molar refractivity (Wildman–Crippen MR) is 83.2 cm³/mol. The van der Waals surface area contributed by atoms with E-state index in [1.165, 1.54) is 0 Å². The maximum absolute atomic E-state index is 11.9. The molecule has 20 heavy (non-hydrogen) atoms. The number of hydrogen-bond donors (Lipinski definition) is 1. The Labute approximate surface area is 126 Å². The summed E-state index contributed by atoms with van der Waals surface area (Å²) in [5.41, 5.74) is 1.44. The third-order valence-electron chi connectivity index (χ3n) is 2.85. The van der Waals surface area contributed by atoms with Gasteiger partial charge < -0.3 is 9.72 Å². The van der Waals surface area contributed by atoms with Gasteiger partial charge in [-0.2, -0.15) is 0 Å². The number of rotatable bonds is 5. The lowest BCUT2D eigenvalue weighted by Gasteiger charge is -2.08. The molecule has 0 unspecified atom stereocenters. The molecule has 0 aliphatic carbocycles. The normalized spacial score (nSPS) is 10.6. The average Bonchev–Trinajstić information content (AvgIpc) is 2.48. The lowest BCUT2D eigenvalue weighted by Crippen LogP contribution is -2.13. The van der Waals surface area contributed by atoms with Crippen molar-refractivity contribution in [3.05, 3.63) is 44.8 Å². The number of H-pyrrole nitrogens is 1. The molecule has 1 aromatic heterocycles. The van der Waals surface area contributed by atoms with E-state index >= 15 is 0 Å². The van der Waals surface area contributed by atoms with Crippen LogP contribution >= 0.6 is 15.9 Å². The van der Waals surface area contributed by atoms with Gasteiger partial charge in [-0.05, 0) is 40.9 Å². The SMILES string of the molecule is CCCOc1cccc(-c2nc(CC)c(Br)c(=O)[nH]2)c1. The Morgan fingerprint density at radius 1 is 1.35 bits per heavy atom. The van der Waals surface area contributed by atoms with Gasteiger partial charge in [-0.25, -0.2) is 4.98 Å². The molecule has 0 saturated carbocycles. The summed E-state index contributed by atoms with van der Waals surface area (Å²) in [5, 5.41) is 0. The van der Waals surface area contributed by atoms with Gasteiger partial charge in [-0.3, -0.25) is 4.79 Å². The topological polar surface area (TPSA) is 55.0 Å². The molecule has 2 aromatic rings. The minimum atomic E-state index is -0.160. The Bertz CT molecular complexity index is 653. The molecule has 0 saturated heterocycles. The number of aromatic amines is 1. The Morgan fingerprint density at radius 2 is 2.15 bits per heavy atom. The molecule has 1 aromatic carbocycles. The van der Waals surface area contributed by atoms with E-state index in [1.807, 2.05) is 31.2 Å². The van der Waals surface area contributed by atoms with Crippen molar-refractivity contribution in [1.29, 1.82) is 0 Å². The van der Waals surface area contributed by atoms with Crippen LogP contribution in [0, 0.1) is 0 Å². The molecule has 0 aliphatic heterocycles. The summed E-state index contributed by atoms with van der Waals surface area (Å²) in [7, 11) is 0. The number of aryl methyl sites for hydroxylation is 1. The average molecular weight is 337 g/mol. The van der Waals surface area contributed by atoms with Crippen molar-refractivity contribution < 1.29 is 4.74 Å². The van der Waals surface area contributed by atoms with E-state index in [9.17, 15) is 4.79 Å². The van der Waals surface area contributed by atoms with Crippen molar-refractivity contribution in [3.63, 3.8) is 0 Å². The molecule has 2 rings (SSSR count). The molecule has 0 aliphatic rings. The Hall–Kier alpha value is -1.62. The number of nitrogens with one attached hydrogen (secondary N) is 1. The Kier molecular flexibility index (Phi) is 4.95. The zero-order valence-corrected chi connectivity index (χ0v) is 13.2. The molecular weight excluding hydrogens is 320 g/mol. The summed E-state index contributed by atoms with van der Waals surface area (Å²) in [6.07, 6.45) is 1.65. The smallest absolute Gasteiger partial charge is 0.265 e. The van der Waals surface area contributed by atoms with Crippen molar-refractivity contribution in [2.75, 3.05) is 6.61 Å². The molecular formula is C15H17BrN2O2. The van der Waals surface area contributed by atoms with Crippen molar-refractivity contribution in [3.8, 4) is 17.1 Å². The highest BCUT2D eigenvalue weighted by Gasteiger charge is 2.09. The first-order chi connectivity index (χ1) is 9.65. The van der Waals surface area contributed by atoms with Gasteiger partial charge in [0.2, 0.25) is 0 Å². The van der Waals surface area contributed by atoms with Gasteiger partial charge in [0.1, 0.15) is 16.0 Å². The van der Waals surface area contributed by atoms with Gasteiger partial charge in [0, 0.05) is 5.56 Å². The largest absolute Gasteiger partial charge is 0.494 e.